The summed E-state index contributed by atoms with van der Waals surface area (Å²) in [6.07, 6.45) is 1.12. The molecular weight excluding hydrogens is 401 g/mol. The third kappa shape index (κ3) is 3.56. The molecule has 1 saturated heterocycles. The van der Waals surface area contributed by atoms with E-state index in [9.17, 15) is 9.50 Å². The first-order chi connectivity index (χ1) is 12.8. The number of nitrogens with two attached hydrogens (primary N) is 1. The summed E-state index contributed by atoms with van der Waals surface area (Å²) in [7, 11) is 0. The molecule has 1 fully saturated rings. The van der Waals surface area contributed by atoms with Gasteiger partial charge < -0.3 is 15.7 Å². The molecule has 0 radical (unpaired) electrons. The highest BCUT2D eigenvalue weighted by Crippen LogP contribution is 2.46. The van der Waals surface area contributed by atoms with Crippen LogP contribution in [0.4, 0.5) is 10.3 Å². The predicted octanol–water partition coefficient (Wildman–Crippen LogP) is 2.66. The zero-order valence-electron chi connectivity index (χ0n) is 15.7. The number of fused-ring (bicyclic) bond motifs is 1. The van der Waals surface area contributed by atoms with Gasteiger partial charge >= 0.3 is 0 Å². The maximum atomic E-state index is 14.1. The minimum Gasteiger partial charge on any atom is -0.384 e. The maximum Gasteiger partial charge on any atom is 0.225 e. The van der Waals surface area contributed by atoms with Crippen LogP contribution < -0.4 is 10.6 Å². The molecule has 4 rings (SSSR count). The van der Waals surface area contributed by atoms with E-state index in [1.807, 2.05) is 23.1 Å². The van der Waals surface area contributed by atoms with Crippen molar-refractivity contribution >= 4 is 35.3 Å². The lowest BCUT2D eigenvalue weighted by molar-refractivity contribution is 0.0693. The van der Waals surface area contributed by atoms with Crippen molar-refractivity contribution in [3.05, 3.63) is 53.6 Å². The highest BCUT2D eigenvalue weighted by atomic mass is 35.5. The zero-order chi connectivity index (χ0) is 19.2. The van der Waals surface area contributed by atoms with E-state index in [-0.39, 0.29) is 24.0 Å². The summed E-state index contributed by atoms with van der Waals surface area (Å²) in [6, 6.07) is 10.1. The number of hydrogen-bond acceptors (Lipinski definition) is 7. The average molecular weight is 424 g/mol. The number of aromatic nitrogens is 2. The number of hydrogen-bond donors (Lipinski definition) is 2. The van der Waals surface area contributed by atoms with Gasteiger partial charge in [0.2, 0.25) is 5.95 Å². The van der Waals surface area contributed by atoms with E-state index in [0.29, 0.717) is 24.2 Å². The highest BCUT2D eigenvalue weighted by Gasteiger charge is 2.50. The van der Waals surface area contributed by atoms with Crippen LogP contribution in [0.25, 0.3) is 0 Å². The lowest BCUT2D eigenvalue weighted by Gasteiger charge is -2.34. The predicted molar refractivity (Wildman–Crippen MR) is 112 cm³/mol. The molecule has 0 aliphatic carbocycles. The Morgan fingerprint density at radius 1 is 1.32 bits per heavy atom. The molecule has 0 amide bonds. The second kappa shape index (κ2) is 7.50. The van der Waals surface area contributed by atoms with Crippen LogP contribution in [0.3, 0.4) is 0 Å². The summed E-state index contributed by atoms with van der Waals surface area (Å²) in [5.74, 6) is 0.868. The molecule has 2 aliphatic heterocycles. The van der Waals surface area contributed by atoms with Crippen molar-refractivity contribution in [1.29, 1.82) is 0 Å². The molecule has 0 saturated carbocycles. The number of nitrogens with zero attached hydrogens (tertiary/aromatic N) is 4. The van der Waals surface area contributed by atoms with Crippen molar-refractivity contribution < 1.29 is 9.50 Å². The Morgan fingerprint density at radius 3 is 2.71 bits per heavy atom. The van der Waals surface area contributed by atoms with Gasteiger partial charge in [0.05, 0.1) is 12.7 Å². The molecule has 1 unspecified atom stereocenters. The zero-order valence-corrected chi connectivity index (χ0v) is 17.3. The Kier molecular flexibility index (Phi) is 5.58. The summed E-state index contributed by atoms with van der Waals surface area (Å²) in [5.41, 5.74) is 5.32. The number of amidine groups is 1. The van der Waals surface area contributed by atoms with Crippen LogP contribution >= 0.6 is 24.2 Å². The quantitative estimate of drug-likeness (QED) is 0.789. The van der Waals surface area contributed by atoms with E-state index in [1.54, 1.807) is 11.8 Å². The number of halogens is 2. The number of rotatable bonds is 3. The average Bonchev–Trinajstić information content (AvgIpc) is 3.02. The first kappa shape index (κ1) is 20.8. The summed E-state index contributed by atoms with van der Waals surface area (Å²) < 4.78 is 14.1. The van der Waals surface area contributed by atoms with Gasteiger partial charge in [-0.15, -0.1) is 12.4 Å². The molecule has 150 valence electrons. The van der Waals surface area contributed by atoms with E-state index in [2.05, 4.69) is 22.1 Å². The van der Waals surface area contributed by atoms with Crippen LogP contribution in [0.15, 0.2) is 41.5 Å². The number of thioether (sulfide) groups is 1. The molecule has 2 aromatic rings. The first-order valence-corrected chi connectivity index (χ1v) is 9.82. The van der Waals surface area contributed by atoms with E-state index in [4.69, 9.17) is 10.7 Å². The van der Waals surface area contributed by atoms with Crippen molar-refractivity contribution in [1.82, 2.24) is 9.97 Å². The monoisotopic (exact) mass is 423 g/mol. The van der Waals surface area contributed by atoms with Gasteiger partial charge in [-0.3, -0.25) is 0 Å². The Bertz CT molecular complexity index is 892. The van der Waals surface area contributed by atoms with Gasteiger partial charge in [-0.25, -0.2) is 19.4 Å². The molecular formula is C19H23ClFN5OS. The molecule has 0 spiro atoms. The molecule has 9 heteroatoms. The Morgan fingerprint density at radius 2 is 2.04 bits per heavy atom. The van der Waals surface area contributed by atoms with Crippen molar-refractivity contribution in [2.75, 3.05) is 23.7 Å². The van der Waals surface area contributed by atoms with Crippen LogP contribution in [0.5, 0.6) is 0 Å². The van der Waals surface area contributed by atoms with E-state index in [1.165, 1.54) is 13.8 Å². The number of aliphatic imine (C=N–C) groups is 1. The van der Waals surface area contributed by atoms with Gasteiger partial charge in [-0.05, 0) is 19.4 Å². The van der Waals surface area contributed by atoms with Crippen LogP contribution in [0, 0.1) is 11.7 Å². The van der Waals surface area contributed by atoms with Gasteiger partial charge in [-0.2, -0.15) is 0 Å². The smallest absolute Gasteiger partial charge is 0.225 e. The number of anilines is 1. The summed E-state index contributed by atoms with van der Waals surface area (Å²) in [5, 5.41) is 10.8. The molecule has 3 N–H and O–H groups in total. The summed E-state index contributed by atoms with van der Waals surface area (Å²) in [4.78, 5) is 15.4. The Hall–Kier alpha value is -1.90. The maximum absolute atomic E-state index is 14.1. The minimum absolute atomic E-state index is 0. The standard InChI is InChI=1S/C19H22FN5OS.ClH/c1-18(2,26)15-14(20)8-22-17(23-15)25-9-13-10-27-16(21)24-19(13,11-25)12-6-4-3-5-7-12;/h3-8,13,26H,9-11H2,1-2H3,(H2,21,24);1H/t13-,19?;/m0./s1. The Labute approximate surface area is 173 Å². The van der Waals surface area contributed by atoms with E-state index < -0.39 is 17.0 Å². The molecule has 28 heavy (non-hydrogen) atoms. The van der Waals surface area contributed by atoms with Gasteiger partial charge in [0, 0.05) is 18.2 Å². The number of benzene rings is 1. The van der Waals surface area contributed by atoms with Gasteiger partial charge in [-0.1, -0.05) is 42.1 Å². The lowest BCUT2D eigenvalue weighted by atomic mass is 9.82. The van der Waals surface area contributed by atoms with Crippen molar-refractivity contribution in [2.45, 2.75) is 25.0 Å². The van der Waals surface area contributed by atoms with E-state index in [0.717, 1.165) is 17.5 Å². The topological polar surface area (TPSA) is 87.6 Å². The SMILES string of the molecule is CC(C)(O)c1nc(N2C[C@H]3CSC(N)=NC3(c3ccccc3)C2)ncc1F.Cl. The van der Waals surface area contributed by atoms with Crippen molar-refractivity contribution in [3.63, 3.8) is 0 Å². The second-order valence-corrected chi connectivity index (χ2v) is 8.59. The molecule has 1 aromatic heterocycles. The summed E-state index contributed by atoms with van der Waals surface area (Å²) >= 11 is 1.56. The molecule has 6 nitrogen and oxygen atoms in total. The fourth-order valence-corrected chi connectivity index (χ4v) is 4.82. The van der Waals surface area contributed by atoms with Gasteiger partial charge in [0.25, 0.3) is 0 Å². The number of aliphatic hydroxyl groups is 1. The third-order valence-electron chi connectivity index (χ3n) is 5.16. The molecule has 2 aliphatic rings. The van der Waals surface area contributed by atoms with Crippen LogP contribution in [-0.4, -0.2) is 39.1 Å². The van der Waals surface area contributed by atoms with Gasteiger partial charge in [0.15, 0.2) is 11.0 Å². The van der Waals surface area contributed by atoms with Crippen molar-refractivity contribution in [2.24, 2.45) is 16.6 Å². The van der Waals surface area contributed by atoms with Crippen LogP contribution in [0.2, 0.25) is 0 Å². The molecule has 0 bridgehead atoms. The van der Waals surface area contributed by atoms with Crippen LogP contribution in [-0.2, 0) is 11.1 Å². The normalized spacial score (nSPS) is 24.4. The molecule has 3 heterocycles. The summed E-state index contributed by atoms with van der Waals surface area (Å²) in [6.45, 7) is 4.27. The molecule has 1 aromatic carbocycles. The van der Waals surface area contributed by atoms with Crippen LogP contribution in [0.1, 0.15) is 25.1 Å². The third-order valence-corrected chi connectivity index (χ3v) is 6.11. The molecule has 2 atom stereocenters. The lowest BCUT2D eigenvalue weighted by Crippen LogP contribution is -2.40. The van der Waals surface area contributed by atoms with Crippen molar-refractivity contribution in [3.8, 4) is 0 Å². The fraction of sp³-hybridized carbons (Fsp3) is 0.421. The Balaban J connectivity index is 0.00000225. The fourth-order valence-electron chi connectivity index (χ4n) is 3.84. The minimum atomic E-state index is -1.39. The van der Waals surface area contributed by atoms with E-state index >= 15 is 0 Å². The first-order valence-electron chi connectivity index (χ1n) is 8.83. The second-order valence-electron chi connectivity index (χ2n) is 7.55. The highest BCUT2D eigenvalue weighted by molar-refractivity contribution is 8.13. The largest absolute Gasteiger partial charge is 0.384 e. The van der Waals surface area contributed by atoms with Gasteiger partial charge in [0.1, 0.15) is 16.8 Å².